The average Bonchev–Trinajstić information content (AvgIpc) is 3.59. The summed E-state index contributed by atoms with van der Waals surface area (Å²) in [6.07, 6.45) is 0.496. The number of carbonyl (C=O) groups excluding carboxylic acids is 3. The Morgan fingerprint density at radius 1 is 1.19 bits per heavy atom. The minimum atomic E-state index is -1.26. The van der Waals surface area contributed by atoms with E-state index in [1.165, 1.54) is 4.90 Å². The molecule has 10 heteroatoms. The zero-order valence-corrected chi connectivity index (χ0v) is 19.6. The number of hydrogen-bond donors (Lipinski definition) is 4. The number of nitrogens with zero attached hydrogens (tertiary/aromatic N) is 1. The van der Waals surface area contributed by atoms with Gasteiger partial charge in [-0.3, -0.25) is 14.4 Å². The molecule has 0 saturated carbocycles. The van der Waals surface area contributed by atoms with Crippen molar-refractivity contribution in [2.45, 2.75) is 31.5 Å². The summed E-state index contributed by atoms with van der Waals surface area (Å²) in [5, 5.41) is 15.8. The van der Waals surface area contributed by atoms with Gasteiger partial charge < -0.3 is 30.4 Å². The number of methoxy groups -OCH3 is 1. The summed E-state index contributed by atoms with van der Waals surface area (Å²) in [5.41, 5.74) is 2.45. The lowest BCUT2D eigenvalue weighted by molar-refractivity contribution is -0.143. The quantitative estimate of drug-likeness (QED) is 0.399. The number of rotatable bonds is 7. The fourth-order valence-corrected chi connectivity index (χ4v) is 5.06. The first-order valence-electron chi connectivity index (χ1n) is 11.7. The molecule has 0 bridgehead atoms. The molecule has 3 heterocycles. The molecule has 1 saturated heterocycles. The molecule has 2 aliphatic heterocycles. The number of amides is 3. The Labute approximate surface area is 206 Å². The van der Waals surface area contributed by atoms with Crippen LogP contribution in [0.15, 0.2) is 48.5 Å². The van der Waals surface area contributed by atoms with Crippen LogP contribution >= 0.6 is 0 Å². The number of hydrogen-bond acceptors (Lipinski definition) is 5. The van der Waals surface area contributed by atoms with Crippen molar-refractivity contribution < 1.29 is 29.0 Å². The lowest BCUT2D eigenvalue weighted by Crippen LogP contribution is -2.48. The molecule has 5 rings (SSSR count). The van der Waals surface area contributed by atoms with Crippen LogP contribution in [0.5, 0.6) is 5.75 Å². The maximum Gasteiger partial charge on any atom is 0.326 e. The van der Waals surface area contributed by atoms with Gasteiger partial charge in [0.25, 0.3) is 5.91 Å². The second-order valence-corrected chi connectivity index (χ2v) is 9.05. The topological polar surface area (TPSA) is 141 Å². The van der Waals surface area contributed by atoms with Crippen LogP contribution in [0, 0.1) is 5.92 Å². The van der Waals surface area contributed by atoms with E-state index in [9.17, 15) is 24.3 Å². The lowest BCUT2D eigenvalue weighted by Gasteiger charge is -2.26. The minimum absolute atomic E-state index is 0.0168. The number of benzene rings is 2. The smallest absolute Gasteiger partial charge is 0.326 e. The van der Waals surface area contributed by atoms with Crippen LogP contribution in [-0.4, -0.2) is 58.4 Å². The van der Waals surface area contributed by atoms with E-state index in [1.54, 1.807) is 31.4 Å². The van der Waals surface area contributed by atoms with Crippen LogP contribution in [0.25, 0.3) is 10.9 Å². The predicted octanol–water partition coefficient (Wildman–Crippen LogP) is 1.97. The number of fused-ring (bicyclic) bond motifs is 2. The summed E-state index contributed by atoms with van der Waals surface area (Å²) >= 11 is 0. The normalized spacial score (nSPS) is 19.6. The first-order valence-corrected chi connectivity index (χ1v) is 11.7. The third kappa shape index (κ3) is 4.15. The summed E-state index contributed by atoms with van der Waals surface area (Å²) in [6.45, 7) is 0.680. The van der Waals surface area contributed by atoms with Crippen molar-refractivity contribution in [2.75, 3.05) is 13.7 Å². The molecule has 36 heavy (non-hydrogen) atoms. The highest BCUT2D eigenvalue weighted by molar-refractivity contribution is 6.02. The Morgan fingerprint density at radius 2 is 2.00 bits per heavy atom. The van der Waals surface area contributed by atoms with Gasteiger partial charge in [-0.05, 0) is 42.2 Å². The highest BCUT2D eigenvalue weighted by Gasteiger charge is 2.41. The maximum absolute atomic E-state index is 13.6. The molecule has 0 aliphatic carbocycles. The second-order valence-electron chi connectivity index (χ2n) is 9.05. The Balaban J connectivity index is 1.44. The highest BCUT2D eigenvalue weighted by Crippen LogP contribution is 2.36. The van der Waals surface area contributed by atoms with E-state index >= 15 is 0 Å². The molecule has 0 radical (unpaired) electrons. The number of aromatic nitrogens is 1. The zero-order valence-electron chi connectivity index (χ0n) is 19.6. The summed E-state index contributed by atoms with van der Waals surface area (Å²) in [4.78, 5) is 55.6. The van der Waals surface area contributed by atoms with Crippen molar-refractivity contribution >= 4 is 34.6 Å². The van der Waals surface area contributed by atoms with Gasteiger partial charge in [-0.1, -0.05) is 30.3 Å². The number of H-pyrrole nitrogens is 1. The Kier molecular flexibility index (Phi) is 6.09. The van der Waals surface area contributed by atoms with E-state index < -0.39 is 35.8 Å². The SMILES string of the molecule is COc1cccc2[nH]c(C(=O)N3Cc4ccccc4C3C(=O)NC(C[C@@H]3CCNC3=O)C(=O)O)cc12. The summed E-state index contributed by atoms with van der Waals surface area (Å²) in [6, 6.07) is 12.1. The molecule has 3 aromatic rings. The standard InChI is InChI=1S/C26H26N4O6/c1-36-21-8-4-7-18-17(21)12-19(28-18)25(33)30-13-15-5-2-3-6-16(15)22(30)24(32)29-20(26(34)35)11-14-9-10-27-23(14)31/h2-8,12,14,20,22,28H,9-11,13H2,1H3,(H,27,31)(H,29,32)(H,34,35)/t14-,20?,22?/m0/s1. The molecule has 10 nitrogen and oxygen atoms in total. The van der Waals surface area contributed by atoms with E-state index in [0.29, 0.717) is 24.3 Å². The van der Waals surface area contributed by atoms with E-state index in [2.05, 4.69) is 15.6 Å². The van der Waals surface area contributed by atoms with Gasteiger partial charge in [0, 0.05) is 29.9 Å². The molecule has 2 aromatic carbocycles. The highest BCUT2D eigenvalue weighted by atomic mass is 16.5. The van der Waals surface area contributed by atoms with Crippen LogP contribution in [0.2, 0.25) is 0 Å². The number of carboxylic acids is 1. The molecule has 0 spiro atoms. The van der Waals surface area contributed by atoms with Crippen LogP contribution in [0.3, 0.4) is 0 Å². The van der Waals surface area contributed by atoms with Crippen molar-refractivity contribution in [3.63, 3.8) is 0 Å². The Morgan fingerprint density at radius 3 is 2.72 bits per heavy atom. The molecule has 3 amide bonds. The number of ether oxygens (including phenoxy) is 1. The summed E-state index contributed by atoms with van der Waals surface area (Å²) in [7, 11) is 1.55. The summed E-state index contributed by atoms with van der Waals surface area (Å²) < 4.78 is 5.39. The van der Waals surface area contributed by atoms with Gasteiger partial charge >= 0.3 is 5.97 Å². The van der Waals surface area contributed by atoms with E-state index in [1.807, 2.05) is 24.3 Å². The van der Waals surface area contributed by atoms with Crippen molar-refractivity contribution in [3.05, 3.63) is 65.4 Å². The maximum atomic E-state index is 13.6. The largest absolute Gasteiger partial charge is 0.496 e. The van der Waals surface area contributed by atoms with Gasteiger partial charge in [0.2, 0.25) is 11.8 Å². The molecule has 3 atom stereocenters. The number of carbonyl (C=O) groups is 4. The number of carboxylic acid groups (broad SMARTS) is 1. The van der Waals surface area contributed by atoms with Gasteiger partial charge in [-0.15, -0.1) is 0 Å². The average molecular weight is 491 g/mol. The van der Waals surface area contributed by atoms with E-state index in [0.717, 1.165) is 16.5 Å². The number of aliphatic carboxylic acids is 1. The van der Waals surface area contributed by atoms with Crippen LogP contribution in [-0.2, 0) is 20.9 Å². The summed E-state index contributed by atoms with van der Waals surface area (Å²) in [5.74, 6) is -2.31. The molecule has 2 unspecified atom stereocenters. The van der Waals surface area contributed by atoms with Gasteiger partial charge in [-0.25, -0.2) is 4.79 Å². The molecular formula is C26H26N4O6. The first kappa shape index (κ1) is 23.4. The van der Waals surface area contributed by atoms with Gasteiger partial charge in [-0.2, -0.15) is 0 Å². The van der Waals surface area contributed by atoms with Gasteiger partial charge in [0.05, 0.1) is 7.11 Å². The molecular weight excluding hydrogens is 464 g/mol. The molecule has 4 N–H and O–H groups in total. The Bertz CT molecular complexity index is 1370. The second kappa shape index (κ2) is 9.37. The monoisotopic (exact) mass is 490 g/mol. The van der Waals surface area contributed by atoms with Crippen LogP contribution < -0.4 is 15.4 Å². The van der Waals surface area contributed by atoms with Crippen molar-refractivity contribution in [1.82, 2.24) is 20.5 Å². The fourth-order valence-electron chi connectivity index (χ4n) is 5.06. The van der Waals surface area contributed by atoms with E-state index in [4.69, 9.17) is 4.74 Å². The van der Waals surface area contributed by atoms with Gasteiger partial charge in [0.15, 0.2) is 0 Å². The molecule has 1 aromatic heterocycles. The van der Waals surface area contributed by atoms with E-state index in [-0.39, 0.29) is 24.6 Å². The van der Waals surface area contributed by atoms with Crippen LogP contribution in [0.4, 0.5) is 0 Å². The van der Waals surface area contributed by atoms with Crippen LogP contribution in [0.1, 0.15) is 40.5 Å². The van der Waals surface area contributed by atoms with Crippen molar-refractivity contribution in [3.8, 4) is 5.75 Å². The third-order valence-corrected chi connectivity index (χ3v) is 6.88. The zero-order chi connectivity index (χ0) is 25.4. The third-order valence-electron chi connectivity index (χ3n) is 6.88. The molecule has 186 valence electrons. The first-order chi connectivity index (χ1) is 17.4. The Hall–Kier alpha value is -4.34. The number of aromatic amines is 1. The lowest BCUT2D eigenvalue weighted by atomic mass is 9.97. The predicted molar refractivity (Wildman–Crippen MR) is 129 cm³/mol. The number of nitrogens with one attached hydrogen (secondary N) is 3. The minimum Gasteiger partial charge on any atom is -0.496 e. The fraction of sp³-hybridized carbons (Fsp3) is 0.308. The van der Waals surface area contributed by atoms with Crippen molar-refractivity contribution in [1.29, 1.82) is 0 Å². The molecule has 1 fully saturated rings. The molecule has 2 aliphatic rings. The van der Waals surface area contributed by atoms with Gasteiger partial charge in [0.1, 0.15) is 23.5 Å². The van der Waals surface area contributed by atoms with Crippen molar-refractivity contribution in [2.24, 2.45) is 5.92 Å².